The lowest BCUT2D eigenvalue weighted by atomic mass is 10.1. The summed E-state index contributed by atoms with van der Waals surface area (Å²) in [5.41, 5.74) is 0.431. The Kier molecular flexibility index (Phi) is 4.59. The third-order valence-electron chi connectivity index (χ3n) is 4.16. The third-order valence-corrected chi connectivity index (χ3v) is 4.16. The lowest BCUT2D eigenvalue weighted by Gasteiger charge is -2.13. The number of aromatic nitrogens is 2. The molecule has 0 radical (unpaired) electrons. The summed E-state index contributed by atoms with van der Waals surface area (Å²) in [7, 11) is 0. The Bertz CT molecular complexity index is 826. The van der Waals surface area contributed by atoms with Gasteiger partial charge in [-0.2, -0.15) is 0 Å². The van der Waals surface area contributed by atoms with Crippen LogP contribution in [-0.4, -0.2) is 33.0 Å². The first kappa shape index (κ1) is 16.2. The zero-order valence-electron chi connectivity index (χ0n) is 13.1. The molecule has 3 N–H and O–H groups in total. The molecule has 0 spiro atoms. The molecule has 2 aromatic rings. The van der Waals surface area contributed by atoms with E-state index < -0.39 is 12.0 Å². The number of benzene rings is 1. The van der Waals surface area contributed by atoms with Gasteiger partial charge in [-0.3, -0.25) is 9.59 Å². The number of nitrogens with zero attached hydrogens (tertiary/aromatic N) is 1. The number of para-hydroxylation sites is 1. The number of aryl methyl sites for hydroxylation is 1. The van der Waals surface area contributed by atoms with Crippen LogP contribution in [0.25, 0.3) is 10.9 Å². The number of hydrogen-bond acceptors (Lipinski definition) is 4. The van der Waals surface area contributed by atoms with Crippen molar-refractivity contribution < 1.29 is 14.7 Å². The number of aliphatic carboxylic acids is 1. The fraction of sp³-hybridized carbons (Fsp3) is 0.412. The largest absolute Gasteiger partial charge is 0.480 e. The predicted molar refractivity (Wildman–Crippen MR) is 87.6 cm³/mol. The number of rotatable bonds is 7. The van der Waals surface area contributed by atoms with Crippen LogP contribution in [0.1, 0.15) is 31.5 Å². The average Bonchev–Trinajstić information content (AvgIpc) is 3.37. The van der Waals surface area contributed by atoms with Crippen LogP contribution in [0, 0.1) is 5.92 Å². The summed E-state index contributed by atoms with van der Waals surface area (Å²) in [6.45, 7) is 0. The molecule has 1 heterocycles. The molecule has 24 heavy (non-hydrogen) atoms. The first-order valence-electron chi connectivity index (χ1n) is 8.04. The number of aromatic amines is 1. The van der Waals surface area contributed by atoms with E-state index in [0.717, 1.165) is 12.8 Å². The van der Waals surface area contributed by atoms with Gasteiger partial charge >= 0.3 is 5.97 Å². The highest BCUT2D eigenvalue weighted by Crippen LogP contribution is 2.32. The fourth-order valence-corrected chi connectivity index (χ4v) is 2.73. The van der Waals surface area contributed by atoms with E-state index in [0.29, 0.717) is 29.6 Å². The molecule has 7 nitrogen and oxygen atoms in total. The SMILES string of the molecule is O=C(CCCc1nc2ccccc2c(=O)[nH]1)NC(C(=O)O)C1CC1. The maximum atomic E-state index is 12.0. The predicted octanol–water partition coefficient (Wildman–Crippen LogP) is 1.23. The van der Waals surface area contributed by atoms with Crippen molar-refractivity contribution in [3.05, 3.63) is 40.4 Å². The molecule has 7 heteroatoms. The summed E-state index contributed by atoms with van der Waals surface area (Å²) in [6, 6.07) is 6.30. The van der Waals surface area contributed by atoms with Crippen molar-refractivity contribution in [2.24, 2.45) is 5.92 Å². The number of fused-ring (bicyclic) bond motifs is 1. The molecule has 1 amide bonds. The van der Waals surface area contributed by atoms with E-state index in [2.05, 4.69) is 15.3 Å². The first-order valence-corrected chi connectivity index (χ1v) is 8.04. The van der Waals surface area contributed by atoms with Crippen LogP contribution in [0.15, 0.2) is 29.1 Å². The van der Waals surface area contributed by atoms with Gasteiger partial charge in [0.15, 0.2) is 0 Å². The zero-order chi connectivity index (χ0) is 17.1. The molecule has 1 aliphatic carbocycles. The first-order chi connectivity index (χ1) is 11.5. The van der Waals surface area contributed by atoms with Crippen LogP contribution >= 0.6 is 0 Å². The lowest BCUT2D eigenvalue weighted by Crippen LogP contribution is -2.42. The highest BCUT2D eigenvalue weighted by atomic mass is 16.4. The zero-order valence-corrected chi connectivity index (χ0v) is 13.1. The van der Waals surface area contributed by atoms with E-state index in [9.17, 15) is 14.4 Å². The van der Waals surface area contributed by atoms with Gasteiger partial charge in [0.05, 0.1) is 10.9 Å². The molecule has 126 valence electrons. The number of carboxylic acids is 1. The molecule has 1 aliphatic rings. The van der Waals surface area contributed by atoms with Gasteiger partial charge in [-0.25, -0.2) is 9.78 Å². The Morgan fingerprint density at radius 3 is 2.79 bits per heavy atom. The quantitative estimate of drug-likeness (QED) is 0.707. The van der Waals surface area contributed by atoms with E-state index >= 15 is 0 Å². The van der Waals surface area contributed by atoms with Crippen LogP contribution in [0.3, 0.4) is 0 Å². The number of carbonyl (C=O) groups excluding carboxylic acids is 1. The molecule has 1 saturated carbocycles. The Labute approximate surface area is 138 Å². The monoisotopic (exact) mass is 329 g/mol. The number of carbonyl (C=O) groups is 2. The van der Waals surface area contributed by atoms with Crippen molar-refractivity contribution in [1.82, 2.24) is 15.3 Å². The second-order valence-corrected chi connectivity index (χ2v) is 6.10. The molecule has 0 bridgehead atoms. The van der Waals surface area contributed by atoms with Gasteiger partial charge in [0, 0.05) is 12.8 Å². The normalized spacial score (nSPS) is 15.2. The van der Waals surface area contributed by atoms with Gasteiger partial charge in [0.1, 0.15) is 11.9 Å². The molecular weight excluding hydrogens is 310 g/mol. The van der Waals surface area contributed by atoms with Crippen LogP contribution in [0.4, 0.5) is 0 Å². The summed E-state index contributed by atoms with van der Waals surface area (Å²) >= 11 is 0. The van der Waals surface area contributed by atoms with Crippen LogP contribution in [0.2, 0.25) is 0 Å². The van der Waals surface area contributed by atoms with Crippen molar-refractivity contribution in [1.29, 1.82) is 0 Å². The molecule has 1 aromatic heterocycles. The highest BCUT2D eigenvalue weighted by molar-refractivity contribution is 5.84. The molecule has 1 aromatic carbocycles. The fourth-order valence-electron chi connectivity index (χ4n) is 2.73. The second-order valence-electron chi connectivity index (χ2n) is 6.10. The second kappa shape index (κ2) is 6.82. The van der Waals surface area contributed by atoms with Gasteiger partial charge in [0.25, 0.3) is 5.56 Å². The van der Waals surface area contributed by atoms with E-state index in [4.69, 9.17) is 5.11 Å². The molecule has 0 saturated heterocycles. The van der Waals surface area contributed by atoms with Gasteiger partial charge in [0.2, 0.25) is 5.91 Å². The topological polar surface area (TPSA) is 112 Å². The third kappa shape index (κ3) is 3.79. The average molecular weight is 329 g/mol. The van der Waals surface area contributed by atoms with Gasteiger partial charge < -0.3 is 15.4 Å². The Morgan fingerprint density at radius 1 is 1.33 bits per heavy atom. The van der Waals surface area contributed by atoms with Gasteiger partial charge in [-0.15, -0.1) is 0 Å². The van der Waals surface area contributed by atoms with E-state index in [1.54, 1.807) is 18.2 Å². The Hall–Kier alpha value is -2.70. The lowest BCUT2D eigenvalue weighted by molar-refractivity contribution is -0.142. The molecule has 1 unspecified atom stereocenters. The summed E-state index contributed by atoms with van der Waals surface area (Å²) in [5, 5.41) is 12.2. The Morgan fingerprint density at radius 2 is 2.08 bits per heavy atom. The summed E-state index contributed by atoms with van der Waals surface area (Å²) < 4.78 is 0. The number of carboxylic acid groups (broad SMARTS) is 1. The van der Waals surface area contributed by atoms with Crippen LogP contribution in [0.5, 0.6) is 0 Å². The smallest absolute Gasteiger partial charge is 0.326 e. The number of amides is 1. The summed E-state index contributed by atoms with van der Waals surface area (Å²) in [5.74, 6) is -0.669. The van der Waals surface area contributed by atoms with Crippen molar-refractivity contribution in [3.63, 3.8) is 0 Å². The van der Waals surface area contributed by atoms with E-state index in [1.807, 2.05) is 6.07 Å². The van der Waals surface area contributed by atoms with Gasteiger partial charge in [-0.1, -0.05) is 12.1 Å². The van der Waals surface area contributed by atoms with Gasteiger partial charge in [-0.05, 0) is 37.3 Å². The summed E-state index contributed by atoms with van der Waals surface area (Å²) in [4.78, 5) is 42.1. The van der Waals surface area contributed by atoms with Crippen molar-refractivity contribution in [3.8, 4) is 0 Å². The molecule has 1 atom stereocenters. The van der Waals surface area contributed by atoms with Crippen molar-refractivity contribution in [2.75, 3.05) is 0 Å². The Balaban J connectivity index is 1.55. The van der Waals surface area contributed by atoms with E-state index in [-0.39, 0.29) is 23.8 Å². The maximum absolute atomic E-state index is 12.0. The van der Waals surface area contributed by atoms with Crippen LogP contribution in [-0.2, 0) is 16.0 Å². The number of H-pyrrole nitrogens is 1. The minimum absolute atomic E-state index is 0.0601. The minimum Gasteiger partial charge on any atom is -0.480 e. The molecular formula is C17H19N3O4. The number of hydrogen-bond donors (Lipinski definition) is 3. The molecule has 3 rings (SSSR count). The molecule has 0 aliphatic heterocycles. The number of nitrogens with one attached hydrogen (secondary N) is 2. The minimum atomic E-state index is -0.980. The van der Waals surface area contributed by atoms with Crippen molar-refractivity contribution >= 4 is 22.8 Å². The van der Waals surface area contributed by atoms with Crippen molar-refractivity contribution in [2.45, 2.75) is 38.1 Å². The van der Waals surface area contributed by atoms with Crippen LogP contribution < -0.4 is 10.9 Å². The molecule has 1 fully saturated rings. The summed E-state index contributed by atoms with van der Waals surface area (Å²) in [6.07, 6.45) is 2.84. The van der Waals surface area contributed by atoms with E-state index in [1.165, 1.54) is 0 Å². The standard InChI is InChI=1S/C17H19N3O4/c21-14(20-15(17(23)24)10-8-9-10)7-3-6-13-18-12-5-2-1-4-11(12)16(22)19-13/h1-2,4-5,10,15H,3,6-9H2,(H,20,21)(H,23,24)(H,18,19,22). The maximum Gasteiger partial charge on any atom is 0.326 e. The highest BCUT2D eigenvalue weighted by Gasteiger charge is 2.37.